The number of hydrogen-bond acceptors (Lipinski definition) is 2. The summed E-state index contributed by atoms with van der Waals surface area (Å²) in [6.07, 6.45) is -1.52. The number of aliphatic carboxylic acids is 1. The average molecular weight is 618 g/mol. The molecular formula is C40H34F3NO2. The van der Waals surface area contributed by atoms with E-state index in [9.17, 15) is 23.1 Å². The zero-order valence-corrected chi connectivity index (χ0v) is 25.3. The smallest absolute Gasteiger partial charge is 0.416 e. The third-order valence-electron chi connectivity index (χ3n) is 9.88. The molecule has 232 valence electrons. The van der Waals surface area contributed by atoms with E-state index in [0.29, 0.717) is 36.9 Å². The van der Waals surface area contributed by atoms with Crippen LogP contribution in [0.25, 0.3) is 22.3 Å². The second-order valence-electron chi connectivity index (χ2n) is 12.5. The molecule has 2 unspecified atom stereocenters. The van der Waals surface area contributed by atoms with Crippen LogP contribution in [0.4, 0.5) is 18.9 Å². The van der Waals surface area contributed by atoms with Gasteiger partial charge < -0.3 is 10.8 Å². The zero-order chi connectivity index (χ0) is 32.0. The van der Waals surface area contributed by atoms with Crippen molar-refractivity contribution in [3.63, 3.8) is 0 Å². The number of benzene rings is 5. The summed E-state index contributed by atoms with van der Waals surface area (Å²) in [7, 11) is 0. The summed E-state index contributed by atoms with van der Waals surface area (Å²) in [5.41, 5.74) is 17.4. The third kappa shape index (κ3) is 5.36. The van der Waals surface area contributed by atoms with Crippen molar-refractivity contribution in [3.8, 4) is 22.3 Å². The molecular weight excluding hydrogens is 583 g/mol. The Morgan fingerprint density at radius 1 is 0.739 bits per heavy atom. The fraction of sp³-hybridized carbons (Fsp3) is 0.225. The molecule has 0 heterocycles. The molecule has 0 spiro atoms. The van der Waals surface area contributed by atoms with E-state index in [1.54, 1.807) is 12.1 Å². The molecule has 5 aromatic rings. The van der Waals surface area contributed by atoms with E-state index in [1.807, 2.05) is 42.5 Å². The molecule has 2 atom stereocenters. The van der Waals surface area contributed by atoms with Gasteiger partial charge in [0.1, 0.15) is 0 Å². The molecule has 0 aromatic heterocycles. The van der Waals surface area contributed by atoms with E-state index >= 15 is 0 Å². The summed E-state index contributed by atoms with van der Waals surface area (Å²) in [6, 6.07) is 32.1. The van der Waals surface area contributed by atoms with Crippen LogP contribution in [0, 0.1) is 0 Å². The summed E-state index contributed by atoms with van der Waals surface area (Å²) in [5, 5.41) is 10.8. The minimum atomic E-state index is -4.43. The third-order valence-corrected chi connectivity index (χ3v) is 9.88. The fourth-order valence-electron chi connectivity index (χ4n) is 7.81. The molecule has 2 aliphatic carbocycles. The van der Waals surface area contributed by atoms with Crippen molar-refractivity contribution in [1.29, 1.82) is 0 Å². The van der Waals surface area contributed by atoms with Crippen molar-refractivity contribution in [3.05, 3.63) is 148 Å². The van der Waals surface area contributed by atoms with Gasteiger partial charge in [-0.1, -0.05) is 91.0 Å². The largest absolute Gasteiger partial charge is 0.481 e. The summed E-state index contributed by atoms with van der Waals surface area (Å²) in [6.45, 7) is 0. The van der Waals surface area contributed by atoms with E-state index in [0.717, 1.165) is 45.9 Å². The molecule has 5 aromatic carbocycles. The predicted molar refractivity (Wildman–Crippen MR) is 176 cm³/mol. The molecule has 2 aliphatic rings. The first-order valence-corrected chi connectivity index (χ1v) is 15.8. The Hall–Kier alpha value is -4.84. The van der Waals surface area contributed by atoms with Crippen LogP contribution in [0.15, 0.2) is 103 Å². The highest BCUT2D eigenvalue weighted by Gasteiger charge is 2.35. The molecule has 0 aliphatic heterocycles. The lowest BCUT2D eigenvalue weighted by molar-refractivity contribution is -0.139. The van der Waals surface area contributed by atoms with E-state index in [-0.39, 0.29) is 17.9 Å². The van der Waals surface area contributed by atoms with Crippen molar-refractivity contribution >= 4 is 11.7 Å². The first-order valence-electron chi connectivity index (χ1n) is 15.8. The maximum Gasteiger partial charge on any atom is 0.416 e. The molecule has 0 saturated carbocycles. The Morgan fingerprint density at radius 2 is 1.35 bits per heavy atom. The van der Waals surface area contributed by atoms with Crippen LogP contribution >= 0.6 is 0 Å². The SMILES string of the molecule is Nc1ccc2c(c1C(CC(CCCc1ccccc1C(F)(F)F)c1cccc3c1Cc1ccccc1-3)C(=O)O)Cc1ccccc1-2. The van der Waals surface area contributed by atoms with Crippen molar-refractivity contribution in [2.75, 3.05) is 5.73 Å². The van der Waals surface area contributed by atoms with Crippen LogP contribution < -0.4 is 5.73 Å². The Labute approximate surface area is 266 Å². The standard InChI is InChI=1S/C40H34F3NO2/c41-40(42,43)36-18-6-3-9-24(36)12-7-13-27(30-16-8-17-31-28-14-4-1-10-25(28)21-33(30)31)23-35(39(45)46)38-34-22-26-11-2-5-15-29(26)32(34)19-20-37(38)44/h1-6,8-11,14-20,27,35H,7,12-13,21-23,44H2,(H,45,46). The Bertz CT molecular complexity index is 1960. The lowest BCUT2D eigenvalue weighted by Crippen LogP contribution is -2.19. The number of nitrogen functional groups attached to an aromatic ring is 1. The van der Waals surface area contributed by atoms with Gasteiger partial charge in [0, 0.05) is 5.69 Å². The quantitative estimate of drug-likeness (QED) is 0.159. The number of hydrogen-bond donors (Lipinski definition) is 2. The number of anilines is 1. The van der Waals surface area contributed by atoms with Gasteiger partial charge in [-0.2, -0.15) is 13.2 Å². The van der Waals surface area contributed by atoms with Gasteiger partial charge in [0.05, 0.1) is 11.5 Å². The lowest BCUT2D eigenvalue weighted by atomic mass is 9.78. The van der Waals surface area contributed by atoms with Crippen molar-refractivity contribution in [2.45, 2.75) is 56.5 Å². The highest BCUT2D eigenvalue weighted by molar-refractivity contribution is 5.86. The highest BCUT2D eigenvalue weighted by Crippen LogP contribution is 2.47. The van der Waals surface area contributed by atoms with Gasteiger partial charge in [0.25, 0.3) is 0 Å². The first kappa shape index (κ1) is 29.8. The number of aryl methyl sites for hydroxylation is 1. The molecule has 0 bridgehead atoms. The lowest BCUT2D eigenvalue weighted by Gasteiger charge is -2.26. The van der Waals surface area contributed by atoms with Gasteiger partial charge in [-0.3, -0.25) is 4.79 Å². The molecule has 3 nitrogen and oxygen atoms in total. The first-order chi connectivity index (χ1) is 22.2. The van der Waals surface area contributed by atoms with Crippen LogP contribution in [0.2, 0.25) is 0 Å². The molecule has 0 fully saturated rings. The van der Waals surface area contributed by atoms with E-state index < -0.39 is 23.6 Å². The number of nitrogens with two attached hydrogens (primary N) is 1. The maximum atomic E-state index is 13.8. The summed E-state index contributed by atoms with van der Waals surface area (Å²) < 4.78 is 41.4. The Kier molecular flexibility index (Phi) is 7.67. The monoisotopic (exact) mass is 617 g/mol. The number of halogens is 3. The maximum absolute atomic E-state index is 13.8. The molecule has 46 heavy (non-hydrogen) atoms. The minimum Gasteiger partial charge on any atom is -0.481 e. The molecule has 0 amide bonds. The predicted octanol–water partition coefficient (Wildman–Crippen LogP) is 9.79. The van der Waals surface area contributed by atoms with E-state index in [2.05, 4.69) is 36.4 Å². The van der Waals surface area contributed by atoms with Crippen LogP contribution in [0.5, 0.6) is 0 Å². The molecule has 3 N–H and O–H groups in total. The van der Waals surface area contributed by atoms with Gasteiger partial charge in [0.2, 0.25) is 0 Å². The number of alkyl halides is 3. The van der Waals surface area contributed by atoms with Crippen molar-refractivity contribution in [2.24, 2.45) is 0 Å². The zero-order valence-electron chi connectivity index (χ0n) is 25.3. The van der Waals surface area contributed by atoms with Gasteiger partial charge >= 0.3 is 12.1 Å². The Morgan fingerprint density at radius 3 is 2.04 bits per heavy atom. The molecule has 0 radical (unpaired) electrons. The van der Waals surface area contributed by atoms with Gasteiger partial charge in [-0.25, -0.2) is 0 Å². The topological polar surface area (TPSA) is 63.3 Å². The molecule has 7 rings (SSSR count). The van der Waals surface area contributed by atoms with Crippen molar-refractivity contribution < 1.29 is 23.1 Å². The normalized spacial score (nSPS) is 14.2. The Balaban J connectivity index is 1.27. The summed E-state index contributed by atoms with van der Waals surface area (Å²) in [5.74, 6) is -2.03. The molecule has 6 heteroatoms. The fourth-order valence-corrected chi connectivity index (χ4v) is 7.81. The molecule has 0 saturated heterocycles. The number of carboxylic acids is 1. The highest BCUT2D eigenvalue weighted by atomic mass is 19.4. The van der Waals surface area contributed by atoms with Gasteiger partial charge in [0.15, 0.2) is 0 Å². The van der Waals surface area contributed by atoms with Crippen LogP contribution in [-0.2, 0) is 30.2 Å². The number of rotatable bonds is 9. The number of carbonyl (C=O) groups is 1. The number of carboxylic acid groups (broad SMARTS) is 1. The summed E-state index contributed by atoms with van der Waals surface area (Å²) in [4.78, 5) is 13.2. The van der Waals surface area contributed by atoms with E-state index in [1.165, 1.54) is 22.8 Å². The van der Waals surface area contributed by atoms with E-state index in [4.69, 9.17) is 5.73 Å². The van der Waals surface area contributed by atoms with Crippen molar-refractivity contribution in [1.82, 2.24) is 0 Å². The second kappa shape index (κ2) is 11.8. The van der Waals surface area contributed by atoms with Crippen LogP contribution in [-0.4, -0.2) is 11.1 Å². The van der Waals surface area contributed by atoms with Gasteiger partial charge in [-0.05, 0) is 118 Å². The van der Waals surface area contributed by atoms with Gasteiger partial charge in [-0.15, -0.1) is 0 Å². The average Bonchev–Trinajstić information content (AvgIpc) is 3.61. The van der Waals surface area contributed by atoms with Crippen LogP contribution in [0.3, 0.4) is 0 Å². The second-order valence-corrected chi connectivity index (χ2v) is 12.5. The number of fused-ring (bicyclic) bond motifs is 6. The summed E-state index contributed by atoms with van der Waals surface area (Å²) >= 11 is 0. The minimum absolute atomic E-state index is 0.206. The van der Waals surface area contributed by atoms with Crippen LogP contribution in [0.1, 0.15) is 75.6 Å².